The Kier molecular flexibility index (Phi) is 4.48. The van der Waals surface area contributed by atoms with Gasteiger partial charge in [0.15, 0.2) is 5.82 Å². The average molecular weight is 312 g/mol. The second-order valence-electron chi connectivity index (χ2n) is 6.44. The minimum absolute atomic E-state index is 0.255. The van der Waals surface area contributed by atoms with Crippen LogP contribution in [0.4, 0.5) is 5.82 Å². The second kappa shape index (κ2) is 6.54. The maximum absolute atomic E-state index is 10.2. The van der Waals surface area contributed by atoms with E-state index in [2.05, 4.69) is 15.1 Å². The standard InChI is InChI=1S/C18H24N4O/c1-12-8-13(2)18(16(23)9-12)15-5-6-17(21-20-15)22-7-3-4-14(10-19)11-22/h5-6,8-9,14,23H,3-4,7,10-11,19H2,1-2H3/t14-/m1/s1. The van der Waals surface area contributed by atoms with Gasteiger partial charge in [-0.1, -0.05) is 6.07 Å². The summed E-state index contributed by atoms with van der Waals surface area (Å²) in [5, 5.41) is 18.9. The van der Waals surface area contributed by atoms with E-state index in [-0.39, 0.29) is 5.75 Å². The van der Waals surface area contributed by atoms with Gasteiger partial charge in [-0.05, 0) is 68.5 Å². The van der Waals surface area contributed by atoms with Crippen LogP contribution in [0.25, 0.3) is 11.3 Å². The smallest absolute Gasteiger partial charge is 0.151 e. The second-order valence-corrected chi connectivity index (χ2v) is 6.44. The molecule has 5 heteroatoms. The highest BCUT2D eigenvalue weighted by Crippen LogP contribution is 2.32. The van der Waals surface area contributed by atoms with Gasteiger partial charge in [-0.25, -0.2) is 0 Å². The summed E-state index contributed by atoms with van der Waals surface area (Å²) in [5.41, 5.74) is 9.30. The Hall–Kier alpha value is -2.14. The van der Waals surface area contributed by atoms with E-state index in [9.17, 15) is 5.11 Å². The quantitative estimate of drug-likeness (QED) is 0.911. The van der Waals surface area contributed by atoms with Gasteiger partial charge in [0.1, 0.15) is 5.75 Å². The first-order valence-electron chi connectivity index (χ1n) is 8.18. The van der Waals surface area contributed by atoms with E-state index in [1.165, 1.54) is 6.42 Å². The number of aromatic nitrogens is 2. The van der Waals surface area contributed by atoms with Crippen LogP contribution in [-0.2, 0) is 0 Å². The molecular weight excluding hydrogens is 288 g/mol. The van der Waals surface area contributed by atoms with Gasteiger partial charge in [0.2, 0.25) is 0 Å². The fourth-order valence-corrected chi connectivity index (χ4v) is 3.37. The number of hydrogen-bond acceptors (Lipinski definition) is 5. The minimum Gasteiger partial charge on any atom is -0.507 e. The van der Waals surface area contributed by atoms with Gasteiger partial charge in [-0.15, -0.1) is 10.2 Å². The topological polar surface area (TPSA) is 75.3 Å². The summed E-state index contributed by atoms with van der Waals surface area (Å²) >= 11 is 0. The van der Waals surface area contributed by atoms with Crippen LogP contribution in [0.1, 0.15) is 24.0 Å². The van der Waals surface area contributed by atoms with Crippen molar-refractivity contribution in [2.45, 2.75) is 26.7 Å². The number of benzene rings is 1. The molecular formula is C18H24N4O. The van der Waals surface area contributed by atoms with Crippen molar-refractivity contribution < 1.29 is 5.11 Å². The molecule has 0 radical (unpaired) electrons. The summed E-state index contributed by atoms with van der Waals surface area (Å²) in [4.78, 5) is 2.25. The molecule has 0 spiro atoms. The number of phenolic OH excluding ortho intramolecular Hbond substituents is 1. The van der Waals surface area contributed by atoms with Gasteiger partial charge in [-0.3, -0.25) is 0 Å². The lowest BCUT2D eigenvalue weighted by molar-refractivity contribution is 0.421. The first kappa shape index (κ1) is 15.7. The molecule has 0 amide bonds. The lowest BCUT2D eigenvalue weighted by Gasteiger charge is -2.32. The van der Waals surface area contributed by atoms with E-state index in [0.717, 1.165) is 48.6 Å². The van der Waals surface area contributed by atoms with Crippen molar-refractivity contribution in [3.05, 3.63) is 35.4 Å². The van der Waals surface area contributed by atoms with Crippen LogP contribution in [0, 0.1) is 19.8 Å². The Morgan fingerprint density at radius 1 is 1.26 bits per heavy atom. The molecule has 122 valence electrons. The molecule has 1 aromatic heterocycles. The van der Waals surface area contributed by atoms with Crippen LogP contribution < -0.4 is 10.6 Å². The van der Waals surface area contributed by atoms with Crippen LogP contribution >= 0.6 is 0 Å². The third-order valence-electron chi connectivity index (χ3n) is 4.54. The molecule has 3 rings (SSSR count). The van der Waals surface area contributed by atoms with E-state index >= 15 is 0 Å². The van der Waals surface area contributed by atoms with Crippen LogP contribution in [0.2, 0.25) is 0 Å². The number of anilines is 1. The maximum Gasteiger partial charge on any atom is 0.151 e. The fourth-order valence-electron chi connectivity index (χ4n) is 3.37. The summed E-state index contributed by atoms with van der Waals surface area (Å²) in [7, 11) is 0. The molecule has 0 bridgehead atoms. The van der Waals surface area contributed by atoms with Crippen molar-refractivity contribution in [1.29, 1.82) is 0 Å². The van der Waals surface area contributed by atoms with Crippen LogP contribution in [0.5, 0.6) is 5.75 Å². The van der Waals surface area contributed by atoms with Crippen molar-refractivity contribution >= 4 is 5.82 Å². The van der Waals surface area contributed by atoms with Gasteiger partial charge >= 0.3 is 0 Å². The van der Waals surface area contributed by atoms with Crippen molar-refractivity contribution in [2.75, 3.05) is 24.5 Å². The van der Waals surface area contributed by atoms with Gasteiger partial charge in [0.05, 0.1) is 5.69 Å². The van der Waals surface area contributed by atoms with Crippen LogP contribution in [0.3, 0.4) is 0 Å². The van der Waals surface area contributed by atoms with Gasteiger partial charge in [0.25, 0.3) is 0 Å². The normalized spacial score (nSPS) is 18.2. The highest BCUT2D eigenvalue weighted by atomic mass is 16.3. The molecule has 0 saturated carbocycles. The van der Waals surface area contributed by atoms with Gasteiger partial charge < -0.3 is 15.7 Å². The molecule has 1 saturated heterocycles. The molecule has 5 nitrogen and oxygen atoms in total. The molecule has 2 aromatic rings. The summed E-state index contributed by atoms with van der Waals surface area (Å²) in [6.07, 6.45) is 2.33. The number of phenols is 1. The van der Waals surface area contributed by atoms with Crippen LogP contribution in [-0.4, -0.2) is 34.9 Å². The molecule has 23 heavy (non-hydrogen) atoms. The number of aromatic hydroxyl groups is 1. The number of rotatable bonds is 3. The number of nitrogens with zero attached hydrogens (tertiary/aromatic N) is 3. The fraction of sp³-hybridized carbons (Fsp3) is 0.444. The van der Waals surface area contributed by atoms with Gasteiger partial charge in [0, 0.05) is 18.7 Å². The van der Waals surface area contributed by atoms with Crippen molar-refractivity contribution in [3.8, 4) is 17.0 Å². The Bertz CT molecular complexity index is 661. The Morgan fingerprint density at radius 3 is 2.74 bits per heavy atom. The van der Waals surface area contributed by atoms with E-state index in [0.29, 0.717) is 11.6 Å². The summed E-state index contributed by atoms with van der Waals surface area (Å²) in [6.45, 7) is 6.61. The molecule has 1 atom stereocenters. The largest absolute Gasteiger partial charge is 0.507 e. The first-order valence-corrected chi connectivity index (χ1v) is 8.18. The zero-order chi connectivity index (χ0) is 16.4. The van der Waals surface area contributed by atoms with Crippen molar-refractivity contribution in [2.24, 2.45) is 11.7 Å². The zero-order valence-electron chi connectivity index (χ0n) is 13.8. The third-order valence-corrected chi connectivity index (χ3v) is 4.54. The summed E-state index contributed by atoms with van der Waals surface area (Å²) in [6, 6.07) is 7.72. The summed E-state index contributed by atoms with van der Waals surface area (Å²) < 4.78 is 0. The van der Waals surface area contributed by atoms with E-state index in [1.807, 2.05) is 32.0 Å². The predicted molar refractivity (Wildman–Crippen MR) is 92.6 cm³/mol. The molecule has 2 heterocycles. The molecule has 1 aromatic carbocycles. The minimum atomic E-state index is 0.255. The number of nitrogens with two attached hydrogens (primary N) is 1. The highest BCUT2D eigenvalue weighted by molar-refractivity contribution is 5.71. The first-order chi connectivity index (χ1) is 11.1. The SMILES string of the molecule is Cc1cc(C)c(-c2ccc(N3CCC[C@H](CN)C3)nn2)c(O)c1. The van der Waals surface area contributed by atoms with E-state index in [1.54, 1.807) is 6.07 Å². The number of piperidine rings is 1. The Morgan fingerprint density at radius 2 is 2.09 bits per heavy atom. The van der Waals surface area contributed by atoms with E-state index < -0.39 is 0 Å². The zero-order valence-corrected chi connectivity index (χ0v) is 13.8. The Balaban J connectivity index is 1.85. The number of aryl methyl sites for hydroxylation is 2. The van der Waals surface area contributed by atoms with Crippen molar-refractivity contribution in [3.63, 3.8) is 0 Å². The lowest BCUT2D eigenvalue weighted by atomic mass is 9.98. The molecule has 0 unspecified atom stereocenters. The highest BCUT2D eigenvalue weighted by Gasteiger charge is 2.20. The third kappa shape index (κ3) is 3.29. The average Bonchev–Trinajstić information content (AvgIpc) is 2.54. The molecule has 1 fully saturated rings. The predicted octanol–water partition coefficient (Wildman–Crippen LogP) is 2.64. The molecule has 1 aliphatic rings. The molecule has 1 aliphatic heterocycles. The number of hydrogen-bond donors (Lipinski definition) is 2. The monoisotopic (exact) mass is 312 g/mol. The Labute approximate surface area is 137 Å². The van der Waals surface area contributed by atoms with Crippen LogP contribution in [0.15, 0.2) is 24.3 Å². The summed E-state index contributed by atoms with van der Waals surface area (Å²) in [5.74, 6) is 1.68. The molecule has 0 aliphatic carbocycles. The van der Waals surface area contributed by atoms with E-state index in [4.69, 9.17) is 5.73 Å². The molecule has 3 N–H and O–H groups in total. The lowest BCUT2D eigenvalue weighted by Crippen LogP contribution is -2.38. The van der Waals surface area contributed by atoms with Crippen molar-refractivity contribution in [1.82, 2.24) is 10.2 Å². The maximum atomic E-state index is 10.2. The van der Waals surface area contributed by atoms with Gasteiger partial charge in [-0.2, -0.15) is 0 Å².